The summed E-state index contributed by atoms with van der Waals surface area (Å²) in [5.74, 6) is 0.302. The molecule has 25 heavy (non-hydrogen) atoms. The van der Waals surface area contributed by atoms with E-state index in [1.54, 1.807) is 0 Å². The second-order valence-corrected chi connectivity index (χ2v) is 6.89. The van der Waals surface area contributed by atoms with Crippen LogP contribution in [0.25, 0.3) is 10.8 Å². The first-order valence-corrected chi connectivity index (χ1v) is 8.58. The van der Waals surface area contributed by atoms with Crippen molar-refractivity contribution in [3.05, 3.63) is 48.6 Å². The van der Waals surface area contributed by atoms with E-state index in [0.29, 0.717) is 17.2 Å². The topological polar surface area (TPSA) is 52.7 Å². The van der Waals surface area contributed by atoms with Gasteiger partial charge in [-0.05, 0) is 50.2 Å². The minimum absolute atomic E-state index is 0.0577. The monoisotopic (exact) mass is 335 g/mol. The lowest BCUT2D eigenvalue weighted by Crippen LogP contribution is -2.33. The van der Waals surface area contributed by atoms with Gasteiger partial charge in [0.05, 0.1) is 5.69 Å². The van der Waals surface area contributed by atoms with Crippen molar-refractivity contribution >= 4 is 34.0 Å². The van der Waals surface area contributed by atoms with Gasteiger partial charge in [-0.3, -0.25) is 9.59 Å². The number of carbonyl (C=O) groups is 2. The number of hydrogen-bond acceptors (Lipinski definition) is 3. The number of nitrogens with one attached hydrogen (secondary N) is 1. The minimum atomic E-state index is -0.254. The Morgan fingerprint density at radius 1 is 1.36 bits per heavy atom. The van der Waals surface area contributed by atoms with Crippen molar-refractivity contribution in [1.29, 1.82) is 0 Å². The fourth-order valence-corrected chi connectivity index (χ4v) is 3.95. The average Bonchev–Trinajstić information content (AvgIpc) is 3.14. The Morgan fingerprint density at radius 3 is 2.92 bits per heavy atom. The lowest BCUT2D eigenvalue weighted by atomic mass is 10.0. The van der Waals surface area contributed by atoms with Crippen LogP contribution in [0.1, 0.15) is 16.8 Å². The molecule has 0 aliphatic carbocycles. The Kier molecular flexibility index (Phi) is 3.81. The zero-order valence-electron chi connectivity index (χ0n) is 14.3. The van der Waals surface area contributed by atoms with Crippen LogP contribution in [-0.2, 0) is 4.79 Å². The first-order chi connectivity index (χ1) is 12.1. The molecule has 2 aromatic carbocycles. The van der Waals surface area contributed by atoms with Gasteiger partial charge in [0.25, 0.3) is 5.91 Å². The SMILES string of the molecule is C=CC(=O)Nc1ccc2c3c(cccc13)C(=O)N2CC1CCN(C)C1. The third-order valence-corrected chi connectivity index (χ3v) is 5.16. The lowest BCUT2D eigenvalue weighted by Gasteiger charge is -2.22. The Balaban J connectivity index is 1.74. The smallest absolute Gasteiger partial charge is 0.259 e. The molecular formula is C20H21N3O2. The van der Waals surface area contributed by atoms with Crippen LogP contribution >= 0.6 is 0 Å². The molecule has 2 aliphatic heterocycles. The minimum Gasteiger partial charge on any atom is -0.322 e. The maximum Gasteiger partial charge on any atom is 0.259 e. The molecule has 5 nitrogen and oxygen atoms in total. The summed E-state index contributed by atoms with van der Waals surface area (Å²) in [6.07, 6.45) is 2.37. The fraction of sp³-hybridized carbons (Fsp3) is 0.300. The van der Waals surface area contributed by atoms with Gasteiger partial charge in [-0.1, -0.05) is 18.7 Å². The van der Waals surface area contributed by atoms with Crippen LogP contribution < -0.4 is 10.2 Å². The number of rotatable bonds is 4. The number of benzene rings is 2. The van der Waals surface area contributed by atoms with E-state index in [1.165, 1.54) is 6.08 Å². The highest BCUT2D eigenvalue weighted by molar-refractivity contribution is 6.27. The van der Waals surface area contributed by atoms with Crippen molar-refractivity contribution in [2.75, 3.05) is 36.9 Å². The van der Waals surface area contributed by atoms with Crippen molar-refractivity contribution in [3.8, 4) is 0 Å². The summed E-state index contributed by atoms with van der Waals surface area (Å²) in [7, 11) is 2.12. The quantitative estimate of drug-likeness (QED) is 0.874. The van der Waals surface area contributed by atoms with Crippen LogP contribution in [0, 0.1) is 5.92 Å². The van der Waals surface area contributed by atoms with Crippen LogP contribution in [0.2, 0.25) is 0 Å². The molecule has 0 radical (unpaired) electrons. The number of nitrogens with zero attached hydrogens (tertiary/aromatic N) is 2. The highest BCUT2D eigenvalue weighted by Crippen LogP contribution is 2.41. The maximum atomic E-state index is 12.9. The van der Waals surface area contributed by atoms with E-state index >= 15 is 0 Å². The lowest BCUT2D eigenvalue weighted by molar-refractivity contribution is -0.111. The van der Waals surface area contributed by atoms with Gasteiger partial charge in [0.15, 0.2) is 0 Å². The summed E-state index contributed by atoms with van der Waals surface area (Å²) >= 11 is 0. The molecule has 2 aromatic rings. The predicted octanol–water partition coefficient (Wildman–Crippen LogP) is 2.88. The highest BCUT2D eigenvalue weighted by atomic mass is 16.2. The number of amides is 2. The van der Waals surface area contributed by atoms with Gasteiger partial charge in [-0.15, -0.1) is 0 Å². The molecule has 1 atom stereocenters. The van der Waals surface area contributed by atoms with Crippen LogP contribution in [-0.4, -0.2) is 43.4 Å². The van der Waals surface area contributed by atoms with Gasteiger partial charge in [-0.2, -0.15) is 0 Å². The molecule has 0 spiro atoms. The molecule has 2 heterocycles. The van der Waals surface area contributed by atoms with E-state index in [4.69, 9.17) is 0 Å². The largest absolute Gasteiger partial charge is 0.322 e. The third-order valence-electron chi connectivity index (χ3n) is 5.16. The number of anilines is 2. The van der Waals surface area contributed by atoms with Crippen molar-refractivity contribution in [1.82, 2.24) is 4.90 Å². The van der Waals surface area contributed by atoms with Gasteiger partial charge >= 0.3 is 0 Å². The fourth-order valence-electron chi connectivity index (χ4n) is 3.95. The first-order valence-electron chi connectivity index (χ1n) is 8.58. The molecule has 1 fully saturated rings. The zero-order valence-corrected chi connectivity index (χ0v) is 14.3. The van der Waals surface area contributed by atoms with E-state index in [1.807, 2.05) is 35.2 Å². The van der Waals surface area contributed by atoms with E-state index < -0.39 is 0 Å². The maximum absolute atomic E-state index is 12.9. The van der Waals surface area contributed by atoms with Crippen LogP contribution in [0.3, 0.4) is 0 Å². The third kappa shape index (κ3) is 2.61. The summed E-state index contributed by atoms with van der Waals surface area (Å²) in [5, 5.41) is 4.66. The van der Waals surface area contributed by atoms with Gasteiger partial charge in [0.1, 0.15) is 0 Å². The summed E-state index contributed by atoms with van der Waals surface area (Å²) in [6.45, 7) is 6.34. The summed E-state index contributed by atoms with van der Waals surface area (Å²) in [6, 6.07) is 9.49. The highest BCUT2D eigenvalue weighted by Gasteiger charge is 2.33. The molecule has 2 aliphatic rings. The van der Waals surface area contributed by atoms with Gasteiger partial charge in [0, 0.05) is 35.1 Å². The second-order valence-electron chi connectivity index (χ2n) is 6.89. The van der Waals surface area contributed by atoms with Gasteiger partial charge in [0.2, 0.25) is 5.91 Å². The molecule has 1 N–H and O–H groups in total. The molecule has 5 heteroatoms. The summed E-state index contributed by atoms with van der Waals surface area (Å²) in [5.41, 5.74) is 2.37. The van der Waals surface area contributed by atoms with Gasteiger partial charge in [-0.25, -0.2) is 0 Å². The van der Waals surface area contributed by atoms with E-state index in [9.17, 15) is 9.59 Å². The molecule has 128 valence electrons. The average molecular weight is 335 g/mol. The van der Waals surface area contributed by atoms with Crippen molar-refractivity contribution in [2.24, 2.45) is 5.92 Å². The number of carbonyl (C=O) groups excluding carboxylic acids is 2. The Bertz CT molecular complexity index is 890. The van der Waals surface area contributed by atoms with Crippen molar-refractivity contribution in [2.45, 2.75) is 6.42 Å². The molecule has 1 saturated heterocycles. The van der Waals surface area contributed by atoms with E-state index in [-0.39, 0.29) is 11.8 Å². The second kappa shape index (κ2) is 6.01. The molecular weight excluding hydrogens is 314 g/mol. The first kappa shape index (κ1) is 15.8. The zero-order chi connectivity index (χ0) is 17.6. The van der Waals surface area contributed by atoms with Crippen LogP contribution in [0.5, 0.6) is 0 Å². The van der Waals surface area contributed by atoms with Crippen LogP contribution in [0.4, 0.5) is 11.4 Å². The van der Waals surface area contributed by atoms with Crippen molar-refractivity contribution in [3.63, 3.8) is 0 Å². The number of likely N-dealkylation sites (tertiary alicyclic amines) is 1. The summed E-state index contributed by atoms with van der Waals surface area (Å²) < 4.78 is 0. The Labute approximate surface area is 146 Å². The van der Waals surface area contributed by atoms with Gasteiger partial charge < -0.3 is 15.1 Å². The van der Waals surface area contributed by atoms with Crippen LogP contribution in [0.15, 0.2) is 43.0 Å². The normalized spacial score (nSPS) is 19.6. The predicted molar refractivity (Wildman–Crippen MR) is 100 cm³/mol. The molecule has 1 unspecified atom stereocenters. The summed E-state index contributed by atoms with van der Waals surface area (Å²) in [4.78, 5) is 28.8. The Morgan fingerprint density at radius 2 is 2.20 bits per heavy atom. The molecule has 4 rings (SSSR count). The Hall–Kier alpha value is -2.66. The molecule has 0 aromatic heterocycles. The molecule has 2 amide bonds. The number of hydrogen-bond donors (Lipinski definition) is 1. The van der Waals surface area contributed by atoms with E-state index in [0.717, 1.165) is 42.5 Å². The van der Waals surface area contributed by atoms with E-state index in [2.05, 4.69) is 23.8 Å². The standard InChI is InChI=1S/C20H21N3O2/c1-3-18(24)21-16-7-8-17-19-14(16)5-4-6-15(19)20(25)23(17)12-13-9-10-22(2)11-13/h3-8,13H,1,9-12H2,2H3,(H,21,24). The van der Waals surface area contributed by atoms with Crippen molar-refractivity contribution < 1.29 is 9.59 Å². The molecule has 0 bridgehead atoms. The molecule has 0 saturated carbocycles.